The lowest BCUT2D eigenvalue weighted by Gasteiger charge is -2.44. The quantitative estimate of drug-likeness (QED) is 0.469. The molecule has 4 aliphatic rings. The van der Waals surface area contributed by atoms with E-state index in [2.05, 4.69) is 26.0 Å². The van der Waals surface area contributed by atoms with Gasteiger partial charge in [0, 0.05) is 0 Å². The Hall–Kier alpha value is -0.860. The zero-order valence-corrected chi connectivity index (χ0v) is 20.6. The minimum absolute atomic E-state index is 0.143. The molecule has 174 valence electrons. The third-order valence-corrected chi connectivity index (χ3v) is 9.30. The van der Waals surface area contributed by atoms with Crippen LogP contribution >= 0.6 is 0 Å². The minimum Gasteiger partial charge on any atom is -0.393 e. The van der Waals surface area contributed by atoms with Crippen LogP contribution in [0.1, 0.15) is 111 Å². The second-order valence-corrected chi connectivity index (χ2v) is 12.2. The van der Waals surface area contributed by atoms with Crippen molar-refractivity contribution in [2.75, 3.05) is 0 Å². The number of hydrogen-bond acceptors (Lipinski definition) is 2. The van der Waals surface area contributed by atoms with Crippen LogP contribution in [0.3, 0.4) is 0 Å². The average molecular weight is 427 g/mol. The monoisotopic (exact) mass is 426 g/mol. The van der Waals surface area contributed by atoms with Gasteiger partial charge in [-0.15, -0.1) is 0 Å². The molecule has 3 saturated carbocycles. The summed E-state index contributed by atoms with van der Waals surface area (Å²) in [5, 5.41) is 20.4. The van der Waals surface area contributed by atoms with Crippen molar-refractivity contribution in [2.24, 2.45) is 23.2 Å². The highest BCUT2D eigenvalue weighted by Gasteiger charge is 2.50. The van der Waals surface area contributed by atoms with Crippen molar-refractivity contribution in [3.05, 3.63) is 34.4 Å². The molecule has 2 N–H and O–H groups in total. The van der Waals surface area contributed by atoms with E-state index in [4.69, 9.17) is 0 Å². The normalized spacial score (nSPS) is 36.3. The van der Waals surface area contributed by atoms with E-state index >= 15 is 0 Å². The van der Waals surface area contributed by atoms with Gasteiger partial charge >= 0.3 is 0 Å². The van der Waals surface area contributed by atoms with Gasteiger partial charge in [0.05, 0.1) is 11.7 Å². The van der Waals surface area contributed by atoms with E-state index in [1.54, 1.807) is 11.1 Å². The fourth-order valence-electron chi connectivity index (χ4n) is 7.69. The Morgan fingerprint density at radius 1 is 1.19 bits per heavy atom. The summed E-state index contributed by atoms with van der Waals surface area (Å²) in [5.74, 6) is 2.31. The van der Waals surface area contributed by atoms with Crippen LogP contribution in [0, 0.1) is 23.2 Å². The first-order valence-electron chi connectivity index (χ1n) is 13.2. The molecular formula is C29H46O2. The molecule has 4 aliphatic carbocycles. The van der Waals surface area contributed by atoms with Crippen LogP contribution in [-0.2, 0) is 0 Å². The largest absolute Gasteiger partial charge is 0.393 e. The third-order valence-electron chi connectivity index (χ3n) is 9.30. The van der Waals surface area contributed by atoms with Gasteiger partial charge in [-0.1, -0.05) is 44.4 Å². The lowest BCUT2D eigenvalue weighted by atomic mass is 9.60. The predicted molar refractivity (Wildman–Crippen MR) is 130 cm³/mol. The zero-order chi connectivity index (χ0) is 22.2. The average Bonchev–Trinajstić information content (AvgIpc) is 3.05. The molecule has 0 aliphatic heterocycles. The summed E-state index contributed by atoms with van der Waals surface area (Å²) >= 11 is 0. The van der Waals surface area contributed by atoms with Crippen LogP contribution in [0.25, 0.3) is 0 Å². The predicted octanol–water partition coefficient (Wildman–Crippen LogP) is 7.27. The molecule has 0 bridgehead atoms. The summed E-state index contributed by atoms with van der Waals surface area (Å²) in [7, 11) is 0. The van der Waals surface area contributed by atoms with E-state index in [1.807, 2.05) is 13.8 Å². The maximum absolute atomic E-state index is 10.3. The standard InChI is InChI=1S/C29H46O2/c1-20(8-6-16-28(2,3)31)26-14-15-27-23(11-7-17-29(26,27)4)18-22-10-5-9-21-12-13-24(30)19-25(21)22/h9,18,20,24,26-27,30-31H,5-8,10-17,19H2,1-4H3/b23-18+/t20-,24+,26-,27?,29-/m1/s1. The second kappa shape index (κ2) is 9.18. The highest BCUT2D eigenvalue weighted by molar-refractivity contribution is 5.46. The van der Waals surface area contributed by atoms with Gasteiger partial charge in [-0.2, -0.15) is 0 Å². The summed E-state index contributed by atoms with van der Waals surface area (Å²) in [6, 6.07) is 0. The van der Waals surface area contributed by atoms with E-state index in [-0.39, 0.29) is 6.10 Å². The van der Waals surface area contributed by atoms with Crippen molar-refractivity contribution < 1.29 is 10.2 Å². The fraction of sp³-hybridized carbons (Fsp3) is 0.793. The van der Waals surface area contributed by atoms with Gasteiger partial charge in [-0.05, 0) is 124 Å². The van der Waals surface area contributed by atoms with Gasteiger partial charge in [0.1, 0.15) is 0 Å². The smallest absolute Gasteiger partial charge is 0.0591 e. The summed E-state index contributed by atoms with van der Waals surface area (Å²) in [6.45, 7) is 8.96. The number of aliphatic hydroxyl groups excluding tert-OH is 1. The van der Waals surface area contributed by atoms with Crippen molar-refractivity contribution in [3.8, 4) is 0 Å². The summed E-state index contributed by atoms with van der Waals surface area (Å²) in [5.41, 5.74) is 6.22. The van der Waals surface area contributed by atoms with Crippen LogP contribution in [0.15, 0.2) is 34.4 Å². The highest BCUT2D eigenvalue weighted by atomic mass is 16.3. The molecule has 0 saturated heterocycles. The number of aliphatic hydroxyl groups is 2. The van der Waals surface area contributed by atoms with Gasteiger partial charge in [-0.3, -0.25) is 0 Å². The lowest BCUT2D eigenvalue weighted by molar-refractivity contribution is 0.0596. The molecule has 1 unspecified atom stereocenters. The molecule has 31 heavy (non-hydrogen) atoms. The molecule has 5 atom stereocenters. The number of rotatable bonds is 6. The van der Waals surface area contributed by atoms with Crippen LogP contribution in [-0.4, -0.2) is 21.9 Å². The molecule has 0 amide bonds. The van der Waals surface area contributed by atoms with Gasteiger partial charge in [0.2, 0.25) is 0 Å². The number of fused-ring (bicyclic) bond motifs is 2. The Kier molecular flexibility index (Phi) is 6.90. The first-order chi connectivity index (χ1) is 14.7. The second-order valence-electron chi connectivity index (χ2n) is 12.2. The Bertz CT molecular complexity index is 749. The van der Waals surface area contributed by atoms with Crippen LogP contribution in [0.5, 0.6) is 0 Å². The minimum atomic E-state index is -0.530. The van der Waals surface area contributed by atoms with Crippen molar-refractivity contribution in [2.45, 2.75) is 123 Å². The first kappa shape index (κ1) is 23.3. The number of allylic oxidation sites excluding steroid dienone is 5. The Balaban J connectivity index is 1.50. The lowest BCUT2D eigenvalue weighted by Crippen LogP contribution is -2.36. The molecule has 0 aromatic carbocycles. The van der Waals surface area contributed by atoms with Gasteiger partial charge in [0.15, 0.2) is 0 Å². The summed E-state index contributed by atoms with van der Waals surface area (Å²) in [6.07, 6.45) is 20.1. The van der Waals surface area contributed by atoms with Crippen molar-refractivity contribution in [1.82, 2.24) is 0 Å². The Labute approximate surface area is 190 Å². The molecule has 4 rings (SSSR count). The molecule has 0 radical (unpaired) electrons. The van der Waals surface area contributed by atoms with Crippen LogP contribution in [0.4, 0.5) is 0 Å². The topological polar surface area (TPSA) is 40.5 Å². The maximum Gasteiger partial charge on any atom is 0.0591 e. The summed E-state index contributed by atoms with van der Waals surface area (Å²) in [4.78, 5) is 0. The molecule has 0 heterocycles. The van der Waals surface area contributed by atoms with E-state index in [0.717, 1.165) is 56.3 Å². The molecule has 3 fully saturated rings. The van der Waals surface area contributed by atoms with E-state index in [9.17, 15) is 10.2 Å². The zero-order valence-electron chi connectivity index (χ0n) is 20.6. The molecule has 2 heteroatoms. The van der Waals surface area contributed by atoms with E-state index < -0.39 is 5.60 Å². The van der Waals surface area contributed by atoms with Gasteiger partial charge in [0.25, 0.3) is 0 Å². The highest BCUT2D eigenvalue weighted by Crippen LogP contribution is 2.60. The first-order valence-corrected chi connectivity index (χ1v) is 13.2. The van der Waals surface area contributed by atoms with Gasteiger partial charge < -0.3 is 10.2 Å². The van der Waals surface area contributed by atoms with Crippen LogP contribution in [0.2, 0.25) is 0 Å². The Morgan fingerprint density at radius 2 is 2.00 bits per heavy atom. The fourth-order valence-corrected chi connectivity index (χ4v) is 7.69. The maximum atomic E-state index is 10.3. The molecule has 2 nitrogen and oxygen atoms in total. The van der Waals surface area contributed by atoms with Crippen LogP contribution < -0.4 is 0 Å². The van der Waals surface area contributed by atoms with Crippen molar-refractivity contribution in [1.29, 1.82) is 0 Å². The third kappa shape index (κ3) is 5.06. The summed E-state index contributed by atoms with van der Waals surface area (Å²) < 4.78 is 0. The SMILES string of the molecule is C[C@H](CCCC(C)(C)O)[C@H]1CCC2/C(=C/C3=C4C[C@@H](O)CCC4=CCC3)CCC[C@@]21C. The van der Waals surface area contributed by atoms with Crippen molar-refractivity contribution >= 4 is 0 Å². The molecule has 0 aromatic heterocycles. The van der Waals surface area contributed by atoms with Crippen molar-refractivity contribution in [3.63, 3.8) is 0 Å². The van der Waals surface area contributed by atoms with E-state index in [0.29, 0.717) is 5.41 Å². The molecular weight excluding hydrogens is 380 g/mol. The van der Waals surface area contributed by atoms with Gasteiger partial charge in [-0.25, -0.2) is 0 Å². The molecule has 0 spiro atoms. The van der Waals surface area contributed by atoms with E-state index in [1.165, 1.54) is 56.1 Å². The Morgan fingerprint density at radius 3 is 2.77 bits per heavy atom. The number of hydrogen-bond donors (Lipinski definition) is 2. The molecule has 0 aromatic rings.